The largest absolute Gasteiger partial charge is 0.452 e. The number of carbonyl (C=O) groups is 2. The Balaban J connectivity index is 2.73. The number of rotatable bonds is 8. The van der Waals surface area contributed by atoms with Gasteiger partial charge in [-0.15, -0.1) is 0 Å². The van der Waals surface area contributed by atoms with Crippen LogP contribution in [0.2, 0.25) is 0 Å². The van der Waals surface area contributed by atoms with Crippen molar-refractivity contribution in [2.75, 3.05) is 25.4 Å². The molecular weight excluding hydrogens is 326 g/mol. The van der Waals surface area contributed by atoms with Gasteiger partial charge in [0.15, 0.2) is 6.61 Å². The first-order valence-corrected chi connectivity index (χ1v) is 8.10. The van der Waals surface area contributed by atoms with Crippen molar-refractivity contribution in [3.05, 3.63) is 33.9 Å². The molecule has 1 rings (SSSR count). The number of hydrogen-bond acceptors (Lipinski definition) is 6. The van der Waals surface area contributed by atoms with Gasteiger partial charge in [0.25, 0.3) is 11.6 Å². The molecule has 0 spiro atoms. The standard InChI is InChI=1S/C17H25N3O5/c1-11(2)8-19(9-12(3)4)16(21)10-25-17(22)14-6-5-13(20(23)24)7-15(14)18/h5-7,11-12H,8-10,18H2,1-4H3. The van der Waals surface area contributed by atoms with Gasteiger partial charge in [-0.25, -0.2) is 4.79 Å². The summed E-state index contributed by atoms with van der Waals surface area (Å²) >= 11 is 0. The number of carbonyl (C=O) groups excluding carboxylic acids is 2. The van der Waals surface area contributed by atoms with E-state index in [-0.39, 0.29) is 22.8 Å². The summed E-state index contributed by atoms with van der Waals surface area (Å²) in [6, 6.07) is 3.47. The number of nitro groups is 1. The highest BCUT2D eigenvalue weighted by Gasteiger charge is 2.20. The summed E-state index contributed by atoms with van der Waals surface area (Å²) in [7, 11) is 0. The molecule has 8 heteroatoms. The fourth-order valence-corrected chi connectivity index (χ4v) is 2.31. The van der Waals surface area contributed by atoms with Crippen LogP contribution in [0, 0.1) is 22.0 Å². The summed E-state index contributed by atoms with van der Waals surface area (Å²) in [5.41, 5.74) is 5.38. The van der Waals surface area contributed by atoms with E-state index in [0.717, 1.165) is 6.07 Å². The molecule has 0 bridgehead atoms. The van der Waals surface area contributed by atoms with Crippen LogP contribution in [0.25, 0.3) is 0 Å². The smallest absolute Gasteiger partial charge is 0.340 e. The van der Waals surface area contributed by atoms with Gasteiger partial charge in [0.05, 0.1) is 16.2 Å². The molecule has 2 N–H and O–H groups in total. The molecule has 8 nitrogen and oxygen atoms in total. The third-order valence-corrected chi connectivity index (χ3v) is 3.32. The van der Waals surface area contributed by atoms with Gasteiger partial charge in [-0.2, -0.15) is 0 Å². The minimum Gasteiger partial charge on any atom is -0.452 e. The molecule has 0 saturated carbocycles. The van der Waals surface area contributed by atoms with Crippen LogP contribution in [-0.4, -0.2) is 41.4 Å². The summed E-state index contributed by atoms with van der Waals surface area (Å²) in [5.74, 6) is -0.474. The monoisotopic (exact) mass is 351 g/mol. The molecular formula is C17H25N3O5. The third kappa shape index (κ3) is 6.40. The van der Waals surface area contributed by atoms with Gasteiger partial charge >= 0.3 is 5.97 Å². The summed E-state index contributed by atoms with van der Waals surface area (Å²) < 4.78 is 5.04. The van der Waals surface area contributed by atoms with E-state index in [4.69, 9.17) is 10.5 Å². The first-order valence-electron chi connectivity index (χ1n) is 8.10. The zero-order chi connectivity index (χ0) is 19.1. The molecule has 0 aliphatic rings. The molecule has 25 heavy (non-hydrogen) atoms. The van der Waals surface area contributed by atoms with Crippen molar-refractivity contribution < 1.29 is 19.2 Å². The average Bonchev–Trinajstić information content (AvgIpc) is 2.50. The molecule has 0 fully saturated rings. The van der Waals surface area contributed by atoms with Crippen molar-refractivity contribution in [3.8, 4) is 0 Å². The molecule has 0 unspecified atom stereocenters. The number of amides is 1. The number of hydrogen-bond donors (Lipinski definition) is 1. The zero-order valence-corrected chi connectivity index (χ0v) is 15.0. The third-order valence-electron chi connectivity index (χ3n) is 3.32. The van der Waals surface area contributed by atoms with Crippen LogP contribution < -0.4 is 5.73 Å². The Labute approximate surface area is 147 Å². The van der Waals surface area contributed by atoms with Crippen molar-refractivity contribution in [2.45, 2.75) is 27.7 Å². The van der Waals surface area contributed by atoms with Gasteiger partial charge in [0.1, 0.15) is 0 Å². The Kier molecular flexibility index (Phi) is 7.35. The number of anilines is 1. The Morgan fingerprint density at radius 1 is 1.20 bits per heavy atom. The molecule has 0 saturated heterocycles. The molecule has 1 aromatic rings. The molecule has 0 aliphatic carbocycles. The lowest BCUT2D eigenvalue weighted by Crippen LogP contribution is -2.39. The first-order chi connectivity index (χ1) is 11.6. The second-order valence-electron chi connectivity index (χ2n) is 6.69. The number of benzene rings is 1. The van der Waals surface area contributed by atoms with E-state index >= 15 is 0 Å². The van der Waals surface area contributed by atoms with Crippen LogP contribution in [0.4, 0.5) is 11.4 Å². The van der Waals surface area contributed by atoms with Gasteiger partial charge in [0, 0.05) is 25.2 Å². The topological polar surface area (TPSA) is 116 Å². The average molecular weight is 351 g/mol. The fraction of sp³-hybridized carbons (Fsp3) is 0.529. The van der Waals surface area contributed by atoms with Crippen LogP contribution in [0.3, 0.4) is 0 Å². The predicted octanol–water partition coefficient (Wildman–Crippen LogP) is 2.47. The summed E-state index contributed by atoms with van der Waals surface area (Å²) in [6.07, 6.45) is 0. The summed E-state index contributed by atoms with van der Waals surface area (Å²) in [4.78, 5) is 36.1. The highest BCUT2D eigenvalue weighted by molar-refractivity contribution is 5.96. The minimum absolute atomic E-state index is 0.00216. The van der Waals surface area contributed by atoms with E-state index < -0.39 is 17.5 Å². The van der Waals surface area contributed by atoms with Gasteiger partial charge in [0.2, 0.25) is 0 Å². The van der Waals surface area contributed by atoms with E-state index in [1.165, 1.54) is 12.1 Å². The molecule has 0 aromatic heterocycles. The Hall–Kier alpha value is -2.64. The number of esters is 1. The van der Waals surface area contributed by atoms with Crippen molar-refractivity contribution >= 4 is 23.3 Å². The highest BCUT2D eigenvalue weighted by Crippen LogP contribution is 2.20. The number of non-ortho nitro benzene ring substituents is 1. The maximum atomic E-state index is 12.3. The van der Waals surface area contributed by atoms with Crippen molar-refractivity contribution in [1.29, 1.82) is 0 Å². The van der Waals surface area contributed by atoms with E-state index in [1.54, 1.807) is 4.90 Å². The second-order valence-corrected chi connectivity index (χ2v) is 6.69. The fourth-order valence-electron chi connectivity index (χ4n) is 2.31. The minimum atomic E-state index is -0.783. The van der Waals surface area contributed by atoms with Crippen LogP contribution >= 0.6 is 0 Å². The lowest BCUT2D eigenvalue weighted by molar-refractivity contribution is -0.384. The summed E-state index contributed by atoms with van der Waals surface area (Å²) in [6.45, 7) is 8.78. The Bertz CT molecular complexity index is 633. The van der Waals surface area contributed by atoms with Crippen LogP contribution in [0.5, 0.6) is 0 Å². The van der Waals surface area contributed by atoms with Gasteiger partial charge in [-0.1, -0.05) is 27.7 Å². The van der Waals surface area contributed by atoms with Crippen LogP contribution in [0.15, 0.2) is 18.2 Å². The number of nitrogen functional groups attached to an aromatic ring is 1. The van der Waals surface area contributed by atoms with E-state index in [9.17, 15) is 19.7 Å². The molecule has 138 valence electrons. The quantitative estimate of drug-likeness (QED) is 0.333. The zero-order valence-electron chi connectivity index (χ0n) is 15.0. The molecule has 0 atom stereocenters. The van der Waals surface area contributed by atoms with Crippen molar-refractivity contribution in [2.24, 2.45) is 11.8 Å². The second kappa shape index (κ2) is 9.00. The van der Waals surface area contributed by atoms with E-state index in [0.29, 0.717) is 24.9 Å². The van der Waals surface area contributed by atoms with Crippen LogP contribution in [0.1, 0.15) is 38.1 Å². The Morgan fingerprint density at radius 3 is 2.20 bits per heavy atom. The molecule has 1 amide bonds. The van der Waals surface area contributed by atoms with Gasteiger partial charge in [-0.3, -0.25) is 14.9 Å². The SMILES string of the molecule is CC(C)CN(CC(C)C)C(=O)COC(=O)c1ccc([N+](=O)[O-])cc1N. The first kappa shape index (κ1) is 20.4. The predicted molar refractivity (Wildman–Crippen MR) is 94.0 cm³/mol. The van der Waals surface area contributed by atoms with Crippen molar-refractivity contribution in [3.63, 3.8) is 0 Å². The lowest BCUT2D eigenvalue weighted by Gasteiger charge is -2.26. The number of ether oxygens (including phenoxy) is 1. The van der Waals surface area contributed by atoms with Gasteiger partial charge < -0.3 is 15.4 Å². The van der Waals surface area contributed by atoms with Crippen LogP contribution in [-0.2, 0) is 9.53 Å². The maximum Gasteiger partial charge on any atom is 0.340 e. The van der Waals surface area contributed by atoms with Gasteiger partial charge in [-0.05, 0) is 17.9 Å². The summed E-state index contributed by atoms with van der Waals surface area (Å²) in [5, 5.41) is 10.7. The molecule has 0 radical (unpaired) electrons. The van der Waals surface area contributed by atoms with E-state index in [1.807, 2.05) is 27.7 Å². The van der Waals surface area contributed by atoms with E-state index in [2.05, 4.69) is 0 Å². The number of nitrogens with two attached hydrogens (primary N) is 1. The lowest BCUT2D eigenvalue weighted by atomic mass is 10.1. The maximum absolute atomic E-state index is 12.3. The molecule has 1 aromatic carbocycles. The number of nitrogens with zero attached hydrogens (tertiary/aromatic N) is 2. The number of nitro benzene ring substituents is 1. The molecule has 0 aliphatic heterocycles. The normalized spacial score (nSPS) is 10.8. The highest BCUT2D eigenvalue weighted by atomic mass is 16.6. The Morgan fingerprint density at radius 2 is 1.76 bits per heavy atom. The molecule has 0 heterocycles. The van der Waals surface area contributed by atoms with Crippen molar-refractivity contribution in [1.82, 2.24) is 4.90 Å².